The predicted molar refractivity (Wildman–Crippen MR) is 116 cm³/mol. The number of ether oxygens (including phenoxy) is 1. The van der Waals surface area contributed by atoms with E-state index in [4.69, 9.17) is 22.1 Å². The molecule has 0 unspecified atom stereocenters. The summed E-state index contributed by atoms with van der Waals surface area (Å²) in [4.78, 5) is 60.8. The Morgan fingerprint density at radius 3 is 2.52 bits per heavy atom. The number of esters is 1. The van der Waals surface area contributed by atoms with Gasteiger partial charge in [0.05, 0.1) is 5.02 Å². The number of carbonyl (C=O) groups is 3. The molecule has 2 aromatic heterocycles. The van der Waals surface area contributed by atoms with E-state index in [2.05, 4.69) is 5.32 Å². The molecule has 162 valence electrons. The van der Waals surface area contributed by atoms with Crippen LogP contribution in [-0.4, -0.2) is 39.9 Å². The van der Waals surface area contributed by atoms with Crippen LogP contribution < -0.4 is 22.3 Å². The molecule has 0 aliphatic rings. The molecule has 3 aromatic rings. The molecule has 0 fully saturated rings. The topological polar surface area (TPSA) is 142 Å². The number of thiophene rings is 1. The van der Waals surface area contributed by atoms with Crippen molar-refractivity contribution >= 4 is 56.5 Å². The van der Waals surface area contributed by atoms with Crippen molar-refractivity contribution in [3.05, 3.63) is 60.6 Å². The highest BCUT2D eigenvalue weighted by atomic mass is 35.5. The van der Waals surface area contributed by atoms with Gasteiger partial charge in [-0.2, -0.15) is 0 Å². The zero-order valence-corrected chi connectivity index (χ0v) is 18.0. The Morgan fingerprint density at radius 2 is 1.84 bits per heavy atom. The Labute approximate surface area is 183 Å². The summed E-state index contributed by atoms with van der Waals surface area (Å²) in [6.45, 7) is -1.30. The van der Waals surface area contributed by atoms with E-state index in [-0.39, 0.29) is 15.7 Å². The monoisotopic (exact) mass is 464 g/mol. The number of nitrogen functional groups attached to an aromatic ring is 1. The molecule has 0 bridgehead atoms. The molecule has 3 N–H and O–H groups in total. The highest BCUT2D eigenvalue weighted by Gasteiger charge is 2.22. The van der Waals surface area contributed by atoms with Crippen LogP contribution in [0.2, 0.25) is 5.02 Å². The molecule has 0 spiro atoms. The first kappa shape index (κ1) is 22.2. The van der Waals surface area contributed by atoms with Crippen molar-refractivity contribution in [2.75, 3.05) is 18.9 Å². The molecule has 0 saturated carbocycles. The van der Waals surface area contributed by atoms with Crippen LogP contribution in [0, 0.1) is 0 Å². The quantitative estimate of drug-likeness (QED) is 0.403. The van der Waals surface area contributed by atoms with Gasteiger partial charge in [0.2, 0.25) is 5.78 Å². The van der Waals surface area contributed by atoms with E-state index in [9.17, 15) is 24.0 Å². The number of hydrogen-bond acceptors (Lipinski definition) is 8. The van der Waals surface area contributed by atoms with Crippen molar-refractivity contribution in [2.24, 2.45) is 14.1 Å². The van der Waals surface area contributed by atoms with Gasteiger partial charge in [-0.15, -0.1) is 11.3 Å². The maximum atomic E-state index is 12.3. The Balaban J connectivity index is 1.62. The molecular weight excluding hydrogens is 448 g/mol. The second-order valence-corrected chi connectivity index (χ2v) is 7.90. The number of ketones is 1. The van der Waals surface area contributed by atoms with Crippen LogP contribution >= 0.6 is 22.9 Å². The number of halogens is 1. The van der Waals surface area contributed by atoms with Crippen LogP contribution in [0.1, 0.15) is 20.0 Å². The van der Waals surface area contributed by atoms with Crippen molar-refractivity contribution in [1.29, 1.82) is 0 Å². The lowest BCUT2D eigenvalue weighted by atomic mass is 10.2. The molecular formula is C19H17ClN4O6S. The lowest BCUT2D eigenvalue weighted by molar-refractivity contribution is -0.141. The number of anilines is 1. The Bertz CT molecular complexity index is 1340. The highest BCUT2D eigenvalue weighted by molar-refractivity contribution is 7.21. The van der Waals surface area contributed by atoms with E-state index in [1.165, 1.54) is 25.4 Å². The Hall–Kier alpha value is -3.44. The van der Waals surface area contributed by atoms with Gasteiger partial charge in [-0.1, -0.05) is 29.8 Å². The number of nitrogens with one attached hydrogen (secondary N) is 1. The number of amides is 1. The van der Waals surface area contributed by atoms with E-state index >= 15 is 0 Å². The molecule has 1 amide bonds. The second-order valence-electron chi connectivity index (χ2n) is 6.47. The van der Waals surface area contributed by atoms with E-state index in [0.29, 0.717) is 0 Å². The van der Waals surface area contributed by atoms with Gasteiger partial charge in [0.15, 0.2) is 6.61 Å². The zero-order valence-electron chi connectivity index (χ0n) is 16.4. The smallest absolute Gasteiger partial charge is 0.332 e. The van der Waals surface area contributed by atoms with Gasteiger partial charge in [-0.25, -0.2) is 4.79 Å². The Morgan fingerprint density at radius 1 is 1.16 bits per heavy atom. The fourth-order valence-electron chi connectivity index (χ4n) is 2.78. The highest BCUT2D eigenvalue weighted by Crippen LogP contribution is 2.34. The van der Waals surface area contributed by atoms with Crippen molar-refractivity contribution in [3.8, 4) is 0 Å². The summed E-state index contributed by atoms with van der Waals surface area (Å²) in [7, 11) is 2.50. The zero-order chi connectivity index (χ0) is 22.9. The molecule has 1 aromatic carbocycles. The average Bonchev–Trinajstić information content (AvgIpc) is 3.10. The summed E-state index contributed by atoms with van der Waals surface area (Å²) in [6.07, 6.45) is 0. The van der Waals surface area contributed by atoms with E-state index in [0.717, 1.165) is 19.2 Å². The third-order valence-electron chi connectivity index (χ3n) is 4.49. The van der Waals surface area contributed by atoms with E-state index < -0.39 is 47.6 Å². The lowest BCUT2D eigenvalue weighted by Gasteiger charge is -2.11. The number of nitrogens with zero attached hydrogens (tertiary/aromatic N) is 2. The summed E-state index contributed by atoms with van der Waals surface area (Å²) >= 11 is 7.40. The number of nitrogens with two attached hydrogens (primary N) is 1. The summed E-state index contributed by atoms with van der Waals surface area (Å²) in [5.41, 5.74) is 3.64. The van der Waals surface area contributed by atoms with Gasteiger partial charge >= 0.3 is 11.7 Å². The lowest BCUT2D eigenvalue weighted by Crippen LogP contribution is -2.42. The summed E-state index contributed by atoms with van der Waals surface area (Å²) < 4.78 is 7.31. The maximum absolute atomic E-state index is 12.3. The largest absolute Gasteiger partial charge is 0.456 e. The second kappa shape index (κ2) is 8.74. The first-order chi connectivity index (χ1) is 14.6. The van der Waals surface area contributed by atoms with Crippen molar-refractivity contribution < 1.29 is 19.1 Å². The Kier molecular flexibility index (Phi) is 6.27. The van der Waals surface area contributed by atoms with Crippen LogP contribution in [-0.2, 0) is 23.6 Å². The van der Waals surface area contributed by atoms with Gasteiger partial charge in [0.1, 0.15) is 22.8 Å². The summed E-state index contributed by atoms with van der Waals surface area (Å²) in [5, 5.41) is 3.38. The van der Waals surface area contributed by atoms with Gasteiger partial charge in [-0.3, -0.25) is 28.3 Å². The number of rotatable bonds is 6. The molecule has 0 aliphatic carbocycles. The fourth-order valence-corrected chi connectivity index (χ4v) is 4.22. The van der Waals surface area contributed by atoms with E-state index in [1.54, 1.807) is 12.1 Å². The third kappa shape index (κ3) is 4.23. The SMILES string of the molecule is Cn1c(N)c(C(=O)COC(=O)CNC(=O)c2sc3ccccc3c2Cl)c(=O)n(C)c1=O. The third-order valence-corrected chi connectivity index (χ3v) is 6.16. The maximum Gasteiger partial charge on any atom is 0.332 e. The summed E-state index contributed by atoms with van der Waals surface area (Å²) in [6, 6.07) is 7.20. The molecule has 0 atom stereocenters. The van der Waals surface area contributed by atoms with Gasteiger partial charge in [0, 0.05) is 24.2 Å². The van der Waals surface area contributed by atoms with Crippen molar-refractivity contribution in [2.45, 2.75) is 0 Å². The number of fused-ring (bicyclic) bond motifs is 1. The van der Waals surface area contributed by atoms with Crippen LogP contribution in [0.5, 0.6) is 0 Å². The molecule has 2 heterocycles. The number of carbonyl (C=O) groups excluding carboxylic acids is 3. The first-order valence-corrected chi connectivity index (χ1v) is 10.0. The van der Waals surface area contributed by atoms with Gasteiger partial charge < -0.3 is 15.8 Å². The number of Topliss-reactive ketones (excluding diaryl/α,β-unsaturated/α-hetero) is 1. The minimum absolute atomic E-state index is 0.244. The summed E-state index contributed by atoms with van der Waals surface area (Å²) in [5.74, 6) is -2.67. The minimum atomic E-state index is -0.904. The normalized spacial score (nSPS) is 10.8. The van der Waals surface area contributed by atoms with E-state index in [1.807, 2.05) is 12.1 Å². The molecule has 10 nitrogen and oxygen atoms in total. The molecule has 0 aliphatic heterocycles. The van der Waals surface area contributed by atoms with Gasteiger partial charge in [0.25, 0.3) is 11.5 Å². The molecule has 3 rings (SSSR count). The van der Waals surface area contributed by atoms with Gasteiger partial charge in [-0.05, 0) is 6.07 Å². The van der Waals surface area contributed by atoms with Crippen molar-refractivity contribution in [3.63, 3.8) is 0 Å². The molecule has 31 heavy (non-hydrogen) atoms. The van der Waals surface area contributed by atoms with Crippen LogP contribution in [0.3, 0.4) is 0 Å². The van der Waals surface area contributed by atoms with Crippen LogP contribution in [0.25, 0.3) is 10.1 Å². The molecule has 12 heteroatoms. The molecule has 0 radical (unpaired) electrons. The molecule has 0 saturated heterocycles. The fraction of sp³-hybridized carbons (Fsp3) is 0.211. The standard InChI is InChI=1S/C19H17ClN4O6S/c1-23-16(21)13(18(28)24(2)19(23)29)10(25)8-30-12(26)7-22-17(27)15-14(20)9-5-3-4-6-11(9)31-15/h3-6H,7-8,21H2,1-2H3,(H,22,27). The minimum Gasteiger partial charge on any atom is -0.456 e. The average molecular weight is 465 g/mol. The van der Waals surface area contributed by atoms with Crippen LogP contribution in [0.15, 0.2) is 33.9 Å². The number of aromatic nitrogens is 2. The number of hydrogen-bond donors (Lipinski definition) is 2. The van der Waals surface area contributed by atoms with Crippen molar-refractivity contribution in [1.82, 2.24) is 14.5 Å². The predicted octanol–water partition coefficient (Wildman–Crippen LogP) is 0.690. The number of benzene rings is 1. The first-order valence-electron chi connectivity index (χ1n) is 8.83. The van der Waals surface area contributed by atoms with Crippen LogP contribution in [0.4, 0.5) is 5.82 Å².